The lowest BCUT2D eigenvalue weighted by molar-refractivity contribution is -0.218. The maximum absolute atomic E-state index is 14.0. The van der Waals surface area contributed by atoms with Crippen LogP contribution in [0.15, 0.2) is 12.2 Å². The van der Waals surface area contributed by atoms with Gasteiger partial charge in [0.05, 0.1) is 18.1 Å². The summed E-state index contributed by atoms with van der Waals surface area (Å²) in [7, 11) is 0. The minimum atomic E-state index is -0.282. The predicted molar refractivity (Wildman–Crippen MR) is 160 cm³/mol. The first-order chi connectivity index (χ1) is 18.4. The molecular weight excluding hydrogens is 480 g/mol. The van der Waals surface area contributed by atoms with Gasteiger partial charge in [0.2, 0.25) is 0 Å². The number of hydrogen-bond donors (Lipinski definition) is 1. The lowest BCUT2D eigenvalue weighted by Crippen LogP contribution is -2.63. The van der Waals surface area contributed by atoms with Crippen molar-refractivity contribution in [2.24, 2.45) is 57.2 Å². The molecule has 0 spiro atoms. The molecule has 3 heteroatoms. The molecule has 5 aliphatic carbocycles. The van der Waals surface area contributed by atoms with Gasteiger partial charge >= 0.3 is 5.97 Å². The molecule has 0 aromatic heterocycles. The lowest BCUT2D eigenvalue weighted by Gasteiger charge is -2.69. The highest BCUT2D eigenvalue weighted by Gasteiger charge is 2.68. The summed E-state index contributed by atoms with van der Waals surface area (Å²) in [4.78, 5) is 14.0. The summed E-state index contributed by atoms with van der Waals surface area (Å²) in [5.74, 6) is 3.65. The fourth-order valence-electron chi connectivity index (χ4n) is 12.2. The smallest absolute Gasteiger partial charge is 0.312 e. The van der Waals surface area contributed by atoms with Crippen LogP contribution in [0.5, 0.6) is 0 Å². The van der Waals surface area contributed by atoms with E-state index in [1.165, 1.54) is 69.8 Å². The highest BCUT2D eigenvalue weighted by atomic mass is 16.5. The molecule has 0 radical (unpaired) electrons. The number of fused-ring (bicyclic) bond motifs is 7. The third-order valence-electron chi connectivity index (χ3n) is 14.1. The van der Waals surface area contributed by atoms with Crippen molar-refractivity contribution in [1.82, 2.24) is 0 Å². The Morgan fingerprint density at radius 3 is 2.26 bits per heavy atom. The number of unbranched alkanes of at least 4 members (excludes halogenated alkanes) is 4. The van der Waals surface area contributed by atoms with Gasteiger partial charge in [-0.25, -0.2) is 0 Å². The fourth-order valence-corrected chi connectivity index (χ4v) is 12.2. The molecule has 0 aliphatic heterocycles. The lowest BCUT2D eigenvalue weighted by atomic mass is 9.36. The van der Waals surface area contributed by atoms with E-state index >= 15 is 0 Å². The highest BCUT2D eigenvalue weighted by Crippen LogP contribution is 2.73. The van der Waals surface area contributed by atoms with Crippen molar-refractivity contribution in [1.29, 1.82) is 0 Å². The summed E-state index contributed by atoms with van der Waals surface area (Å²) in [6.45, 7) is 19.5. The average Bonchev–Trinajstić information content (AvgIpc) is 3.30. The van der Waals surface area contributed by atoms with Crippen LogP contribution in [0.25, 0.3) is 0 Å². The Hall–Kier alpha value is -0.830. The van der Waals surface area contributed by atoms with Gasteiger partial charge in [-0.1, -0.05) is 72.5 Å². The van der Waals surface area contributed by atoms with Gasteiger partial charge in [-0.3, -0.25) is 4.79 Å². The van der Waals surface area contributed by atoms with Crippen LogP contribution in [0.4, 0.5) is 0 Å². The first-order valence-corrected chi connectivity index (χ1v) is 16.9. The van der Waals surface area contributed by atoms with Crippen molar-refractivity contribution in [3.05, 3.63) is 12.2 Å². The van der Waals surface area contributed by atoms with Crippen LogP contribution in [0.1, 0.15) is 138 Å². The molecule has 0 heterocycles. The zero-order valence-corrected chi connectivity index (χ0v) is 26.3. The number of rotatable bonds is 8. The van der Waals surface area contributed by atoms with Gasteiger partial charge < -0.3 is 9.84 Å². The Bertz CT molecular complexity index is 922. The zero-order chi connectivity index (χ0) is 28.2. The molecule has 3 nitrogen and oxygen atoms in total. The summed E-state index contributed by atoms with van der Waals surface area (Å²) >= 11 is 0. The van der Waals surface area contributed by atoms with E-state index in [0.717, 1.165) is 38.0 Å². The van der Waals surface area contributed by atoms with Gasteiger partial charge in [0.15, 0.2) is 0 Å². The minimum absolute atomic E-state index is 0.00367. The standard InChI is InChI=1S/C36H60O3/c1-8-9-10-11-12-23-39-32(38)36-21-15-25(24(2)3)31(36)26-13-14-29-34(6,27(26)16-22-36)19-17-28-33(4,5)30(37)18-20-35(28,29)7/h25-31,37H,2,8-23H2,1,3-7H3/t25-,26?,27?,28?,29?,30-,31?,34-,35-,36-/m0/s1. The number of ether oxygens (including phenoxy) is 1. The Morgan fingerprint density at radius 2 is 1.54 bits per heavy atom. The molecule has 5 fully saturated rings. The van der Waals surface area contributed by atoms with Crippen LogP contribution < -0.4 is 0 Å². The quantitative estimate of drug-likeness (QED) is 0.190. The van der Waals surface area contributed by atoms with Crippen molar-refractivity contribution < 1.29 is 14.6 Å². The van der Waals surface area contributed by atoms with Crippen LogP contribution >= 0.6 is 0 Å². The molecule has 5 aliphatic rings. The predicted octanol–water partition coefficient (Wildman–Crippen LogP) is 9.13. The first kappa shape index (κ1) is 29.7. The number of allylic oxidation sites excluding steroid dienone is 1. The number of carbonyl (C=O) groups is 1. The Balaban J connectivity index is 1.38. The largest absolute Gasteiger partial charge is 0.465 e. The maximum atomic E-state index is 14.0. The summed E-state index contributed by atoms with van der Waals surface area (Å²) in [6, 6.07) is 0. The van der Waals surface area contributed by atoms with E-state index in [0.29, 0.717) is 47.0 Å². The second kappa shape index (κ2) is 10.8. The van der Waals surface area contributed by atoms with E-state index in [1.807, 2.05) is 0 Å². The van der Waals surface area contributed by atoms with Crippen LogP contribution in [0, 0.1) is 57.2 Å². The molecule has 0 aromatic rings. The number of hydrogen-bond acceptors (Lipinski definition) is 3. The van der Waals surface area contributed by atoms with Crippen LogP contribution in [0.2, 0.25) is 0 Å². The molecule has 10 atom stereocenters. The third-order valence-corrected chi connectivity index (χ3v) is 14.1. The van der Waals surface area contributed by atoms with Crippen LogP contribution in [-0.4, -0.2) is 23.8 Å². The van der Waals surface area contributed by atoms with Gasteiger partial charge in [-0.15, -0.1) is 0 Å². The topological polar surface area (TPSA) is 46.5 Å². The monoisotopic (exact) mass is 540 g/mol. The van der Waals surface area contributed by atoms with Gasteiger partial charge in [0.1, 0.15) is 0 Å². The van der Waals surface area contributed by atoms with E-state index in [1.54, 1.807) is 0 Å². The molecule has 0 saturated heterocycles. The normalized spacial score (nSPS) is 46.4. The van der Waals surface area contributed by atoms with Crippen molar-refractivity contribution in [2.75, 3.05) is 6.61 Å². The zero-order valence-electron chi connectivity index (χ0n) is 26.3. The summed E-state index contributed by atoms with van der Waals surface area (Å²) in [5.41, 5.74) is 1.67. The van der Waals surface area contributed by atoms with Gasteiger partial charge in [-0.2, -0.15) is 0 Å². The summed E-state index contributed by atoms with van der Waals surface area (Å²) in [6.07, 6.45) is 17.3. The van der Waals surface area contributed by atoms with Crippen molar-refractivity contribution in [3.8, 4) is 0 Å². The molecule has 5 unspecified atom stereocenters. The van der Waals surface area contributed by atoms with E-state index in [4.69, 9.17) is 4.74 Å². The number of esters is 1. The SMILES string of the molecule is C=C(C)[C@@H]1CC[C@]2(C(=O)OCCCCCCC)CCC3C(CCC4[C@@]3(C)CCC3C(C)(C)[C@@H](O)CC[C@@]34C)C12. The molecule has 0 bridgehead atoms. The fraction of sp³-hybridized carbons (Fsp3) is 0.917. The number of aliphatic hydroxyl groups excluding tert-OH is 1. The third kappa shape index (κ3) is 4.58. The molecule has 5 saturated carbocycles. The van der Waals surface area contributed by atoms with Crippen molar-refractivity contribution >= 4 is 5.97 Å². The van der Waals surface area contributed by atoms with Crippen LogP contribution in [-0.2, 0) is 9.53 Å². The number of carbonyl (C=O) groups excluding carboxylic acids is 1. The molecule has 1 N–H and O–H groups in total. The first-order valence-electron chi connectivity index (χ1n) is 16.9. The summed E-state index contributed by atoms with van der Waals surface area (Å²) in [5, 5.41) is 11.0. The van der Waals surface area contributed by atoms with E-state index in [-0.39, 0.29) is 22.9 Å². The van der Waals surface area contributed by atoms with Gasteiger partial charge in [0, 0.05) is 0 Å². The van der Waals surface area contributed by atoms with Crippen LogP contribution in [0.3, 0.4) is 0 Å². The van der Waals surface area contributed by atoms with Gasteiger partial charge in [0.25, 0.3) is 0 Å². The average molecular weight is 541 g/mol. The minimum Gasteiger partial charge on any atom is -0.465 e. The Morgan fingerprint density at radius 1 is 0.846 bits per heavy atom. The van der Waals surface area contributed by atoms with E-state index < -0.39 is 0 Å². The second-order valence-electron chi connectivity index (χ2n) is 16.1. The molecule has 5 rings (SSSR count). The highest BCUT2D eigenvalue weighted by molar-refractivity contribution is 5.78. The van der Waals surface area contributed by atoms with Gasteiger partial charge in [-0.05, 0) is 129 Å². The molecule has 0 amide bonds. The maximum Gasteiger partial charge on any atom is 0.312 e. The molecule has 39 heavy (non-hydrogen) atoms. The van der Waals surface area contributed by atoms with E-state index in [9.17, 15) is 9.90 Å². The molecular formula is C36H60O3. The summed E-state index contributed by atoms with van der Waals surface area (Å²) < 4.78 is 6.13. The van der Waals surface area contributed by atoms with Crippen molar-refractivity contribution in [3.63, 3.8) is 0 Å². The Kier molecular flexibility index (Phi) is 8.20. The Labute approximate surface area is 240 Å². The van der Waals surface area contributed by atoms with Crippen molar-refractivity contribution in [2.45, 2.75) is 144 Å². The van der Waals surface area contributed by atoms with E-state index in [2.05, 4.69) is 48.1 Å². The second-order valence-corrected chi connectivity index (χ2v) is 16.1. The number of aliphatic hydroxyl groups is 1. The molecule has 0 aromatic carbocycles. The molecule has 222 valence electrons.